The molecule has 86 valence electrons. The minimum Gasteiger partial charge on any atom is -0.300 e. The van der Waals surface area contributed by atoms with E-state index in [1.54, 1.807) is 0 Å². The maximum Gasteiger partial charge on any atom is 0.239 e. The lowest BCUT2D eigenvalue weighted by atomic mass is 9.84. The normalized spacial score (nSPS) is 32.3. The average molecular weight is 217 g/mol. The zero-order chi connectivity index (χ0) is 10.8. The van der Waals surface area contributed by atoms with Gasteiger partial charge in [0.05, 0.1) is 0 Å². The number of halogens is 2. The lowest BCUT2D eigenvalue weighted by molar-refractivity contribution is -0.127. The predicted molar refractivity (Wildman–Crippen MR) is 53.0 cm³/mol. The van der Waals surface area contributed by atoms with Gasteiger partial charge >= 0.3 is 0 Å². The largest absolute Gasteiger partial charge is 0.300 e. The molecule has 15 heavy (non-hydrogen) atoms. The van der Waals surface area contributed by atoms with Gasteiger partial charge in [-0.05, 0) is 12.8 Å². The number of ketones is 1. The van der Waals surface area contributed by atoms with E-state index in [0.717, 1.165) is 19.3 Å². The van der Waals surface area contributed by atoms with Gasteiger partial charge in [0.2, 0.25) is 6.43 Å². The molecule has 4 heteroatoms. The third kappa shape index (κ3) is 2.54. The number of carbonyl (C=O) groups excluding carboxylic acids is 1. The molecule has 0 spiro atoms. The highest BCUT2D eigenvalue weighted by Crippen LogP contribution is 2.32. The molecule has 2 atom stereocenters. The molecule has 0 aromatic carbocycles. The summed E-state index contributed by atoms with van der Waals surface area (Å²) >= 11 is 0. The van der Waals surface area contributed by atoms with Crippen LogP contribution in [-0.4, -0.2) is 35.7 Å². The van der Waals surface area contributed by atoms with Crippen LogP contribution in [0.1, 0.15) is 38.5 Å². The summed E-state index contributed by atoms with van der Waals surface area (Å²) in [5, 5.41) is 0. The molecule has 0 radical (unpaired) electrons. The van der Waals surface area contributed by atoms with Crippen molar-refractivity contribution < 1.29 is 13.6 Å². The fourth-order valence-corrected chi connectivity index (χ4v) is 2.88. The Balaban J connectivity index is 1.95. The Labute approximate surface area is 88.6 Å². The number of fused-ring (bicyclic) bond motifs is 2. The third-order valence-corrected chi connectivity index (χ3v) is 3.54. The van der Waals surface area contributed by atoms with Crippen molar-refractivity contribution in [1.29, 1.82) is 0 Å². The van der Waals surface area contributed by atoms with Crippen molar-refractivity contribution in [1.82, 2.24) is 4.90 Å². The number of piperidine rings is 2. The number of nitrogens with zero attached hydrogens (tertiary/aromatic N) is 1. The quantitative estimate of drug-likeness (QED) is 0.722. The Morgan fingerprint density at radius 2 is 1.87 bits per heavy atom. The fourth-order valence-electron chi connectivity index (χ4n) is 2.88. The summed E-state index contributed by atoms with van der Waals surface area (Å²) in [6, 6.07) is 0.507. The van der Waals surface area contributed by atoms with E-state index in [9.17, 15) is 13.6 Å². The number of Topliss-reactive ketones (excluding diaryl/α,β-unsaturated/α-hetero) is 1. The molecular weight excluding hydrogens is 200 g/mol. The van der Waals surface area contributed by atoms with Crippen LogP contribution in [0, 0.1) is 0 Å². The molecule has 0 N–H and O–H groups in total. The maximum absolute atomic E-state index is 12.1. The van der Waals surface area contributed by atoms with E-state index >= 15 is 0 Å². The van der Waals surface area contributed by atoms with Gasteiger partial charge in [-0.25, -0.2) is 8.78 Å². The van der Waals surface area contributed by atoms with Gasteiger partial charge in [-0.1, -0.05) is 6.42 Å². The monoisotopic (exact) mass is 217 g/mol. The van der Waals surface area contributed by atoms with Gasteiger partial charge in [0.1, 0.15) is 5.78 Å². The van der Waals surface area contributed by atoms with E-state index in [4.69, 9.17) is 0 Å². The van der Waals surface area contributed by atoms with Gasteiger partial charge in [-0.15, -0.1) is 0 Å². The Kier molecular flexibility index (Phi) is 3.34. The molecule has 2 fully saturated rings. The van der Waals surface area contributed by atoms with Gasteiger partial charge in [0.15, 0.2) is 0 Å². The van der Waals surface area contributed by atoms with Crippen LogP contribution in [0.15, 0.2) is 0 Å². The SMILES string of the molecule is O=C1CC2CCCC(C1)N2CCC(F)F. The summed E-state index contributed by atoms with van der Waals surface area (Å²) in [4.78, 5) is 13.5. The first kappa shape index (κ1) is 11.0. The summed E-state index contributed by atoms with van der Waals surface area (Å²) in [6.45, 7) is 0.459. The van der Waals surface area contributed by atoms with Crippen molar-refractivity contribution in [3.8, 4) is 0 Å². The van der Waals surface area contributed by atoms with Gasteiger partial charge in [-0.2, -0.15) is 0 Å². The number of carbonyl (C=O) groups is 1. The predicted octanol–water partition coefficient (Wildman–Crippen LogP) is 2.23. The summed E-state index contributed by atoms with van der Waals surface area (Å²) in [5.74, 6) is 0.318. The number of rotatable bonds is 3. The Hall–Kier alpha value is -0.510. The van der Waals surface area contributed by atoms with E-state index in [2.05, 4.69) is 4.90 Å². The lowest BCUT2D eigenvalue weighted by Crippen LogP contribution is -2.52. The van der Waals surface area contributed by atoms with E-state index in [1.165, 1.54) is 0 Å². The van der Waals surface area contributed by atoms with Crippen LogP contribution in [0.4, 0.5) is 8.78 Å². The Bertz CT molecular complexity index is 229. The zero-order valence-corrected chi connectivity index (χ0v) is 8.79. The highest BCUT2D eigenvalue weighted by atomic mass is 19.3. The second-order valence-corrected chi connectivity index (χ2v) is 4.60. The van der Waals surface area contributed by atoms with Crippen LogP contribution in [-0.2, 0) is 4.79 Å². The first-order chi connectivity index (χ1) is 7.16. The van der Waals surface area contributed by atoms with Crippen LogP contribution >= 0.6 is 0 Å². The van der Waals surface area contributed by atoms with E-state index < -0.39 is 6.43 Å². The summed E-state index contributed by atoms with van der Waals surface area (Å²) in [5.41, 5.74) is 0. The van der Waals surface area contributed by atoms with Gasteiger partial charge in [0.25, 0.3) is 0 Å². The lowest BCUT2D eigenvalue weighted by Gasteiger charge is -2.45. The third-order valence-electron chi connectivity index (χ3n) is 3.54. The standard InChI is InChI=1S/C11H17F2NO/c12-11(13)4-5-14-8-2-1-3-9(14)7-10(15)6-8/h8-9,11H,1-7H2. The van der Waals surface area contributed by atoms with E-state index in [0.29, 0.717) is 25.2 Å². The van der Waals surface area contributed by atoms with Crippen molar-refractivity contribution in [3.63, 3.8) is 0 Å². The molecule has 0 aliphatic carbocycles. The van der Waals surface area contributed by atoms with Crippen LogP contribution in [0.3, 0.4) is 0 Å². The minimum absolute atomic E-state index is 0.0544. The molecule has 0 amide bonds. The summed E-state index contributed by atoms with van der Waals surface area (Å²) < 4.78 is 24.3. The van der Waals surface area contributed by atoms with Crippen LogP contribution in [0.5, 0.6) is 0 Å². The molecule has 0 aromatic heterocycles. The molecule has 2 bridgehead atoms. The summed E-state index contributed by atoms with van der Waals surface area (Å²) in [6.07, 6.45) is 2.05. The molecule has 2 nitrogen and oxygen atoms in total. The second kappa shape index (κ2) is 4.56. The molecule has 2 aliphatic heterocycles. The summed E-state index contributed by atoms with van der Waals surface area (Å²) in [7, 11) is 0. The topological polar surface area (TPSA) is 20.3 Å². The van der Waals surface area contributed by atoms with E-state index in [1.807, 2.05) is 0 Å². The first-order valence-corrected chi connectivity index (χ1v) is 5.72. The Morgan fingerprint density at radius 3 is 2.40 bits per heavy atom. The van der Waals surface area contributed by atoms with Crippen molar-refractivity contribution in [2.24, 2.45) is 0 Å². The molecule has 2 heterocycles. The molecule has 2 saturated heterocycles. The van der Waals surface area contributed by atoms with Crippen molar-refractivity contribution in [2.45, 2.75) is 57.0 Å². The van der Waals surface area contributed by atoms with Gasteiger partial charge in [-0.3, -0.25) is 9.69 Å². The van der Waals surface area contributed by atoms with Gasteiger partial charge < -0.3 is 0 Å². The highest BCUT2D eigenvalue weighted by Gasteiger charge is 2.37. The van der Waals surface area contributed by atoms with Crippen molar-refractivity contribution in [3.05, 3.63) is 0 Å². The molecule has 2 unspecified atom stereocenters. The number of hydrogen-bond donors (Lipinski definition) is 0. The molecular formula is C11H17F2NO. The van der Waals surface area contributed by atoms with Crippen LogP contribution in [0.25, 0.3) is 0 Å². The molecule has 0 saturated carbocycles. The van der Waals surface area contributed by atoms with Crippen molar-refractivity contribution >= 4 is 5.78 Å². The number of hydrogen-bond acceptors (Lipinski definition) is 2. The molecule has 0 aromatic rings. The first-order valence-electron chi connectivity index (χ1n) is 5.72. The zero-order valence-electron chi connectivity index (χ0n) is 8.79. The van der Waals surface area contributed by atoms with E-state index in [-0.39, 0.29) is 18.5 Å². The number of alkyl halides is 2. The smallest absolute Gasteiger partial charge is 0.239 e. The minimum atomic E-state index is -2.22. The fraction of sp³-hybridized carbons (Fsp3) is 0.909. The average Bonchev–Trinajstić information content (AvgIpc) is 2.14. The van der Waals surface area contributed by atoms with Crippen LogP contribution in [0.2, 0.25) is 0 Å². The maximum atomic E-state index is 12.1. The van der Waals surface area contributed by atoms with Gasteiger partial charge in [0, 0.05) is 37.9 Å². The highest BCUT2D eigenvalue weighted by molar-refractivity contribution is 5.80. The van der Waals surface area contributed by atoms with Crippen molar-refractivity contribution in [2.75, 3.05) is 6.54 Å². The molecule has 2 rings (SSSR count). The Morgan fingerprint density at radius 1 is 1.27 bits per heavy atom. The second-order valence-electron chi connectivity index (χ2n) is 4.60. The van der Waals surface area contributed by atoms with Crippen LogP contribution < -0.4 is 0 Å². The molecule has 2 aliphatic rings.